The van der Waals surface area contributed by atoms with E-state index in [1.807, 2.05) is 39.8 Å². The van der Waals surface area contributed by atoms with Crippen molar-refractivity contribution in [1.82, 2.24) is 5.32 Å². The van der Waals surface area contributed by atoms with Gasteiger partial charge in [-0.1, -0.05) is 24.3 Å². The number of hydrogen-bond donors (Lipinski definition) is 2. The molecule has 1 amide bonds. The smallest absolute Gasteiger partial charge is 0.408 e. The van der Waals surface area contributed by atoms with Crippen molar-refractivity contribution >= 4 is 6.09 Å². The molecule has 1 unspecified atom stereocenters. The number of carbonyl (C=O) groups excluding carboxylic acids is 1. The lowest BCUT2D eigenvalue weighted by Crippen LogP contribution is -2.54. The van der Waals surface area contributed by atoms with Crippen LogP contribution in [0.2, 0.25) is 0 Å². The van der Waals surface area contributed by atoms with Crippen LogP contribution < -0.4 is 11.1 Å². The molecule has 1 aromatic carbocycles. The molecule has 0 aliphatic rings. The highest BCUT2D eigenvalue weighted by atomic mass is 16.6. The molecule has 0 aliphatic heterocycles. The first-order valence-electron chi connectivity index (χ1n) is 6.91. The zero-order chi connectivity index (χ0) is 15.4. The molecule has 4 nitrogen and oxygen atoms in total. The number of alkyl carbamates (subject to hydrolysis) is 1. The Kier molecular flexibility index (Phi) is 5.17. The summed E-state index contributed by atoms with van der Waals surface area (Å²) in [5.74, 6) is 0. The lowest BCUT2D eigenvalue weighted by atomic mass is 9.91. The largest absolute Gasteiger partial charge is 0.444 e. The lowest BCUT2D eigenvalue weighted by Gasteiger charge is -2.31. The third-order valence-electron chi connectivity index (χ3n) is 3.10. The Morgan fingerprint density at radius 1 is 1.25 bits per heavy atom. The van der Waals surface area contributed by atoms with Crippen molar-refractivity contribution in [2.75, 3.05) is 6.54 Å². The molecule has 4 heteroatoms. The van der Waals surface area contributed by atoms with Crippen LogP contribution in [-0.4, -0.2) is 23.8 Å². The number of hydrogen-bond acceptors (Lipinski definition) is 3. The molecule has 1 aromatic rings. The monoisotopic (exact) mass is 278 g/mol. The van der Waals surface area contributed by atoms with Crippen LogP contribution in [0.3, 0.4) is 0 Å². The summed E-state index contributed by atoms with van der Waals surface area (Å²) in [6.07, 6.45) is 0.245. The van der Waals surface area contributed by atoms with Gasteiger partial charge in [-0.05, 0) is 52.2 Å². The first kappa shape index (κ1) is 16.5. The highest BCUT2D eigenvalue weighted by Gasteiger charge is 2.28. The molecular weight excluding hydrogens is 252 g/mol. The molecule has 0 bridgehead atoms. The van der Waals surface area contributed by atoms with E-state index in [-0.39, 0.29) is 0 Å². The molecule has 112 valence electrons. The maximum Gasteiger partial charge on any atom is 0.408 e. The molecule has 20 heavy (non-hydrogen) atoms. The Labute approximate surface area is 121 Å². The summed E-state index contributed by atoms with van der Waals surface area (Å²) in [5, 5.41) is 2.89. The van der Waals surface area contributed by atoms with E-state index in [0.717, 1.165) is 0 Å². The Balaban J connectivity index is 2.77. The fourth-order valence-corrected chi connectivity index (χ4v) is 1.95. The minimum Gasteiger partial charge on any atom is -0.444 e. The van der Waals surface area contributed by atoms with Gasteiger partial charge in [-0.2, -0.15) is 0 Å². The number of benzene rings is 1. The number of ether oxygens (including phenoxy) is 1. The zero-order valence-electron chi connectivity index (χ0n) is 13.1. The van der Waals surface area contributed by atoms with E-state index in [2.05, 4.69) is 24.4 Å². The van der Waals surface area contributed by atoms with Crippen LogP contribution in [0.15, 0.2) is 24.3 Å². The van der Waals surface area contributed by atoms with Crippen LogP contribution in [0.25, 0.3) is 0 Å². The molecule has 0 aromatic heterocycles. The van der Waals surface area contributed by atoms with Crippen LogP contribution >= 0.6 is 0 Å². The highest BCUT2D eigenvalue weighted by Crippen LogP contribution is 2.17. The Bertz CT molecular complexity index is 466. The van der Waals surface area contributed by atoms with Crippen molar-refractivity contribution in [3.05, 3.63) is 35.4 Å². The second-order valence-electron chi connectivity index (χ2n) is 6.49. The number of nitrogens with one attached hydrogen (secondary N) is 1. The minimum absolute atomic E-state index is 0.348. The van der Waals surface area contributed by atoms with Crippen molar-refractivity contribution < 1.29 is 9.53 Å². The average Bonchev–Trinajstić information content (AvgIpc) is 2.29. The van der Waals surface area contributed by atoms with Gasteiger partial charge in [-0.15, -0.1) is 0 Å². The van der Waals surface area contributed by atoms with Gasteiger partial charge < -0.3 is 15.8 Å². The summed E-state index contributed by atoms with van der Waals surface area (Å²) >= 11 is 0. The number of aryl methyl sites for hydroxylation is 1. The quantitative estimate of drug-likeness (QED) is 0.890. The predicted molar refractivity (Wildman–Crippen MR) is 81.7 cm³/mol. The van der Waals surface area contributed by atoms with Crippen molar-refractivity contribution in [2.24, 2.45) is 5.73 Å². The third-order valence-corrected chi connectivity index (χ3v) is 3.10. The van der Waals surface area contributed by atoms with Crippen molar-refractivity contribution in [1.29, 1.82) is 0 Å². The Morgan fingerprint density at radius 2 is 1.85 bits per heavy atom. The summed E-state index contributed by atoms with van der Waals surface area (Å²) in [7, 11) is 0. The normalized spacial score (nSPS) is 14.5. The first-order valence-corrected chi connectivity index (χ1v) is 6.91. The van der Waals surface area contributed by atoms with Gasteiger partial charge in [0.25, 0.3) is 0 Å². The van der Waals surface area contributed by atoms with Crippen LogP contribution in [0.4, 0.5) is 4.79 Å². The standard InChI is InChI=1S/C16H26N2O2/c1-12-8-6-7-9-13(12)10-16(5,11-17)18-14(19)20-15(2,3)4/h6-9H,10-11,17H2,1-5H3,(H,18,19). The molecule has 1 atom stereocenters. The number of carbonyl (C=O) groups is 1. The number of amides is 1. The highest BCUT2D eigenvalue weighted by molar-refractivity contribution is 5.68. The van der Waals surface area contributed by atoms with Gasteiger partial charge >= 0.3 is 6.09 Å². The van der Waals surface area contributed by atoms with Crippen molar-refractivity contribution in [2.45, 2.75) is 52.2 Å². The van der Waals surface area contributed by atoms with Gasteiger partial charge in [-0.25, -0.2) is 4.79 Å². The molecule has 0 heterocycles. The summed E-state index contributed by atoms with van der Waals surface area (Å²) in [4.78, 5) is 11.9. The van der Waals surface area contributed by atoms with E-state index in [0.29, 0.717) is 13.0 Å². The molecule has 0 saturated carbocycles. The molecule has 0 aliphatic carbocycles. The summed E-state index contributed by atoms with van der Waals surface area (Å²) < 4.78 is 5.30. The van der Waals surface area contributed by atoms with E-state index in [1.54, 1.807) is 0 Å². The van der Waals surface area contributed by atoms with Gasteiger partial charge in [0.05, 0.1) is 5.54 Å². The van der Waals surface area contributed by atoms with Gasteiger partial charge in [0.15, 0.2) is 0 Å². The molecule has 3 N–H and O–H groups in total. The van der Waals surface area contributed by atoms with Crippen LogP contribution in [0.1, 0.15) is 38.8 Å². The maximum atomic E-state index is 11.9. The SMILES string of the molecule is Cc1ccccc1CC(C)(CN)NC(=O)OC(C)(C)C. The van der Waals surface area contributed by atoms with Crippen molar-refractivity contribution in [3.63, 3.8) is 0 Å². The fraction of sp³-hybridized carbons (Fsp3) is 0.562. The van der Waals surface area contributed by atoms with Crippen LogP contribution in [0.5, 0.6) is 0 Å². The van der Waals surface area contributed by atoms with E-state index < -0.39 is 17.2 Å². The van der Waals surface area contributed by atoms with E-state index in [4.69, 9.17) is 10.5 Å². The van der Waals surface area contributed by atoms with E-state index in [1.165, 1.54) is 11.1 Å². The second-order valence-corrected chi connectivity index (χ2v) is 6.49. The summed E-state index contributed by atoms with van der Waals surface area (Å²) in [5.41, 5.74) is 7.19. The van der Waals surface area contributed by atoms with Gasteiger partial charge in [0, 0.05) is 6.54 Å². The Morgan fingerprint density at radius 3 is 2.35 bits per heavy atom. The molecular formula is C16H26N2O2. The third kappa shape index (κ3) is 5.21. The fourth-order valence-electron chi connectivity index (χ4n) is 1.95. The molecule has 0 spiro atoms. The molecule has 0 radical (unpaired) electrons. The van der Waals surface area contributed by atoms with Crippen LogP contribution in [0, 0.1) is 6.92 Å². The number of nitrogens with two attached hydrogens (primary N) is 1. The Hall–Kier alpha value is -1.55. The first-order chi connectivity index (χ1) is 9.15. The predicted octanol–water partition coefficient (Wildman–Crippen LogP) is 2.78. The van der Waals surface area contributed by atoms with Crippen molar-refractivity contribution in [3.8, 4) is 0 Å². The maximum absolute atomic E-state index is 11.9. The van der Waals surface area contributed by atoms with Gasteiger partial charge in [0.1, 0.15) is 5.60 Å². The molecule has 1 rings (SSSR count). The van der Waals surface area contributed by atoms with Gasteiger partial charge in [-0.3, -0.25) is 0 Å². The average molecular weight is 278 g/mol. The minimum atomic E-state index is -0.519. The number of rotatable bonds is 4. The van der Waals surface area contributed by atoms with E-state index >= 15 is 0 Å². The van der Waals surface area contributed by atoms with Gasteiger partial charge in [0.2, 0.25) is 0 Å². The molecule has 0 fully saturated rings. The second kappa shape index (κ2) is 6.27. The molecule has 0 saturated heterocycles. The lowest BCUT2D eigenvalue weighted by molar-refractivity contribution is 0.0467. The van der Waals surface area contributed by atoms with E-state index in [9.17, 15) is 4.79 Å². The topological polar surface area (TPSA) is 64.3 Å². The summed E-state index contributed by atoms with van der Waals surface area (Å²) in [6.45, 7) is 9.86. The summed E-state index contributed by atoms with van der Waals surface area (Å²) in [6, 6.07) is 8.10. The van der Waals surface area contributed by atoms with Crippen LogP contribution in [-0.2, 0) is 11.2 Å². The zero-order valence-corrected chi connectivity index (χ0v) is 13.1.